The van der Waals surface area contributed by atoms with Gasteiger partial charge in [0.15, 0.2) is 5.79 Å². The van der Waals surface area contributed by atoms with Crippen molar-refractivity contribution in [1.29, 1.82) is 0 Å². The van der Waals surface area contributed by atoms with Gasteiger partial charge in [-0.3, -0.25) is 10.1 Å². The van der Waals surface area contributed by atoms with Crippen LogP contribution in [0, 0.1) is 10.1 Å². The highest BCUT2D eigenvalue weighted by Crippen LogP contribution is 2.35. The Morgan fingerprint density at radius 2 is 2.00 bits per heavy atom. The summed E-state index contributed by atoms with van der Waals surface area (Å²) in [5.41, 5.74) is 0.165. The Hall–Kier alpha value is -1.51. The normalized spacial score (nSPS) is 23.7. The van der Waals surface area contributed by atoms with Crippen molar-refractivity contribution in [3.8, 4) is 0 Å². The van der Waals surface area contributed by atoms with E-state index >= 15 is 0 Å². The molecule has 2 atom stereocenters. The van der Waals surface area contributed by atoms with Gasteiger partial charge in [0, 0.05) is 16.9 Å². The smallest absolute Gasteiger partial charge is 0.334 e. The molecule has 8 heteroatoms. The van der Waals surface area contributed by atoms with Gasteiger partial charge in [0.1, 0.15) is 12.2 Å². The number of nitrogens with zero attached hydrogens (tertiary/aromatic N) is 1. The Morgan fingerprint density at radius 3 is 2.48 bits per heavy atom. The van der Waals surface area contributed by atoms with E-state index in [9.17, 15) is 20.0 Å². The number of rotatable bonds is 9. The van der Waals surface area contributed by atoms with Crippen molar-refractivity contribution in [3.63, 3.8) is 0 Å². The van der Waals surface area contributed by atoms with E-state index in [-0.39, 0.29) is 31.8 Å². The zero-order valence-corrected chi connectivity index (χ0v) is 13.8. The maximum atomic E-state index is 12.0. The molecule has 0 spiro atoms. The van der Waals surface area contributed by atoms with Crippen molar-refractivity contribution in [2.45, 2.75) is 58.0 Å². The molecule has 0 aromatic heterocycles. The molecule has 0 bridgehead atoms. The van der Waals surface area contributed by atoms with Crippen LogP contribution in [0.4, 0.5) is 0 Å². The molecule has 0 saturated carbocycles. The van der Waals surface area contributed by atoms with Crippen LogP contribution in [0.5, 0.6) is 0 Å². The summed E-state index contributed by atoms with van der Waals surface area (Å²) < 4.78 is 16.6. The second-order valence-electron chi connectivity index (χ2n) is 5.26. The summed E-state index contributed by atoms with van der Waals surface area (Å²) in [6.07, 6.45) is 1.34. The van der Waals surface area contributed by atoms with Crippen molar-refractivity contribution in [2.75, 3.05) is 19.8 Å². The number of hydrogen-bond donors (Lipinski definition) is 1. The predicted molar refractivity (Wildman–Crippen MR) is 81.3 cm³/mol. The number of nitro groups is 1. The van der Waals surface area contributed by atoms with Gasteiger partial charge in [-0.1, -0.05) is 13.8 Å². The van der Waals surface area contributed by atoms with Gasteiger partial charge in [-0.05, 0) is 25.8 Å². The van der Waals surface area contributed by atoms with Crippen LogP contribution >= 0.6 is 0 Å². The summed E-state index contributed by atoms with van der Waals surface area (Å²) in [4.78, 5) is 22.0. The highest BCUT2D eigenvalue weighted by Gasteiger charge is 2.44. The first-order chi connectivity index (χ1) is 10.9. The quantitative estimate of drug-likeness (QED) is 0.295. The van der Waals surface area contributed by atoms with E-state index in [1.54, 1.807) is 6.92 Å². The van der Waals surface area contributed by atoms with Gasteiger partial charge in [0.25, 0.3) is 0 Å². The lowest BCUT2D eigenvalue weighted by Gasteiger charge is -2.24. The molecule has 0 amide bonds. The van der Waals surface area contributed by atoms with E-state index in [1.807, 2.05) is 13.8 Å². The SMILES string of the molecule is CCOC(=O)C(=CC1OC(CC)(CC)OC1CO)CC[N+](=O)[O-]. The number of carbonyl (C=O) groups excluding carboxylic acids is 1. The van der Waals surface area contributed by atoms with E-state index < -0.39 is 28.9 Å². The minimum Gasteiger partial charge on any atom is -0.463 e. The summed E-state index contributed by atoms with van der Waals surface area (Å²) in [6.45, 7) is 5.00. The maximum absolute atomic E-state index is 12.0. The van der Waals surface area contributed by atoms with Crippen LogP contribution in [-0.4, -0.2) is 53.8 Å². The minimum absolute atomic E-state index is 0.0604. The second-order valence-corrected chi connectivity index (χ2v) is 5.26. The monoisotopic (exact) mass is 331 g/mol. The molecule has 23 heavy (non-hydrogen) atoms. The fourth-order valence-electron chi connectivity index (χ4n) is 2.45. The zero-order chi connectivity index (χ0) is 17.5. The Balaban J connectivity index is 2.98. The predicted octanol–water partition coefficient (Wildman–Crippen LogP) is 1.44. The molecule has 8 nitrogen and oxygen atoms in total. The van der Waals surface area contributed by atoms with Crippen LogP contribution in [0.3, 0.4) is 0 Å². The van der Waals surface area contributed by atoms with Gasteiger partial charge in [-0.25, -0.2) is 4.79 Å². The first-order valence-electron chi connectivity index (χ1n) is 7.87. The van der Waals surface area contributed by atoms with E-state index in [0.29, 0.717) is 12.8 Å². The third-order valence-corrected chi connectivity index (χ3v) is 3.81. The molecule has 1 N–H and O–H groups in total. The summed E-state index contributed by atoms with van der Waals surface area (Å²) >= 11 is 0. The average Bonchev–Trinajstić information content (AvgIpc) is 2.90. The van der Waals surface area contributed by atoms with Crippen LogP contribution in [0.15, 0.2) is 11.6 Å². The molecule has 0 radical (unpaired) electrons. The standard InChI is InChI=1S/C15H25NO7/c1-4-15(5-2)22-12(13(10-17)23-15)9-11(7-8-16(19)20)14(18)21-6-3/h9,12-13,17H,4-8,10H2,1-3H3. The minimum atomic E-state index is -0.808. The fraction of sp³-hybridized carbons (Fsp3) is 0.800. The van der Waals surface area contributed by atoms with Crippen molar-refractivity contribution >= 4 is 5.97 Å². The van der Waals surface area contributed by atoms with Crippen molar-refractivity contribution < 1.29 is 29.0 Å². The van der Waals surface area contributed by atoms with Gasteiger partial charge in [0.05, 0.1) is 13.2 Å². The first kappa shape index (κ1) is 19.5. The molecule has 0 aromatic rings. The Morgan fingerprint density at radius 1 is 1.35 bits per heavy atom. The Labute approximate surface area is 135 Å². The average molecular weight is 331 g/mol. The second kappa shape index (κ2) is 8.95. The van der Waals surface area contributed by atoms with Gasteiger partial charge in [0.2, 0.25) is 6.54 Å². The number of carbonyl (C=O) groups is 1. The third kappa shape index (κ3) is 5.26. The van der Waals surface area contributed by atoms with Crippen LogP contribution < -0.4 is 0 Å². The van der Waals surface area contributed by atoms with Gasteiger partial charge >= 0.3 is 5.97 Å². The first-order valence-corrected chi connectivity index (χ1v) is 7.87. The molecule has 1 aliphatic rings. The lowest BCUT2D eigenvalue weighted by molar-refractivity contribution is -0.479. The van der Waals surface area contributed by atoms with E-state index in [4.69, 9.17) is 14.2 Å². The summed E-state index contributed by atoms with van der Waals surface area (Å²) in [6, 6.07) is 0. The molecule has 1 saturated heterocycles. The Kier molecular flexibility index (Phi) is 7.60. The van der Waals surface area contributed by atoms with Crippen molar-refractivity contribution in [1.82, 2.24) is 0 Å². The van der Waals surface area contributed by atoms with E-state index in [2.05, 4.69) is 0 Å². The Bertz CT molecular complexity index is 445. The largest absolute Gasteiger partial charge is 0.463 e. The number of aliphatic hydroxyl groups is 1. The van der Waals surface area contributed by atoms with E-state index in [1.165, 1.54) is 6.08 Å². The van der Waals surface area contributed by atoms with E-state index in [0.717, 1.165) is 0 Å². The molecule has 1 rings (SSSR count). The molecule has 132 valence electrons. The molecule has 0 aliphatic carbocycles. The van der Waals surface area contributed by atoms with Gasteiger partial charge in [-0.2, -0.15) is 0 Å². The van der Waals surface area contributed by atoms with Gasteiger partial charge < -0.3 is 19.3 Å². The molecule has 2 unspecified atom stereocenters. The number of aliphatic hydroxyl groups excluding tert-OH is 1. The molecular formula is C15H25NO7. The zero-order valence-electron chi connectivity index (χ0n) is 13.8. The van der Waals surface area contributed by atoms with Crippen molar-refractivity contribution in [2.24, 2.45) is 0 Å². The number of ether oxygens (including phenoxy) is 3. The van der Waals surface area contributed by atoms with Crippen LogP contribution in [0.25, 0.3) is 0 Å². The maximum Gasteiger partial charge on any atom is 0.334 e. The van der Waals surface area contributed by atoms with Crippen LogP contribution in [0.1, 0.15) is 40.0 Å². The van der Waals surface area contributed by atoms with Gasteiger partial charge in [-0.15, -0.1) is 0 Å². The number of esters is 1. The summed E-state index contributed by atoms with van der Waals surface area (Å²) in [5.74, 6) is -1.42. The highest BCUT2D eigenvalue weighted by atomic mass is 16.8. The van der Waals surface area contributed by atoms with Crippen molar-refractivity contribution in [3.05, 3.63) is 21.8 Å². The highest BCUT2D eigenvalue weighted by molar-refractivity contribution is 5.88. The molecule has 0 aromatic carbocycles. The molecule has 1 heterocycles. The summed E-state index contributed by atoms with van der Waals surface area (Å²) in [5, 5.41) is 20.0. The lowest BCUT2D eigenvalue weighted by Crippen LogP contribution is -2.29. The summed E-state index contributed by atoms with van der Waals surface area (Å²) in [7, 11) is 0. The molecular weight excluding hydrogens is 306 g/mol. The topological polar surface area (TPSA) is 108 Å². The molecule has 1 fully saturated rings. The lowest BCUT2D eigenvalue weighted by atomic mass is 10.1. The third-order valence-electron chi connectivity index (χ3n) is 3.81. The van der Waals surface area contributed by atoms with Crippen LogP contribution in [0.2, 0.25) is 0 Å². The van der Waals surface area contributed by atoms with Crippen LogP contribution in [-0.2, 0) is 19.0 Å². The number of hydrogen-bond acceptors (Lipinski definition) is 7. The molecule has 1 aliphatic heterocycles. The fourth-order valence-corrected chi connectivity index (χ4v) is 2.45.